The van der Waals surface area contributed by atoms with Gasteiger partial charge in [-0.3, -0.25) is 4.79 Å². The molecule has 2 rings (SSSR count). The zero-order chi connectivity index (χ0) is 10.3. The Morgan fingerprint density at radius 1 is 1.21 bits per heavy atom. The van der Waals surface area contributed by atoms with Crippen LogP contribution in [0, 0.1) is 6.92 Å². The Kier molecular flexibility index (Phi) is 2.49. The number of hydrogen-bond donors (Lipinski definition) is 1. The zero-order valence-electron chi connectivity index (χ0n) is 7.40. The van der Waals surface area contributed by atoms with Crippen molar-refractivity contribution in [3.63, 3.8) is 0 Å². The molecule has 0 aliphatic heterocycles. The molecule has 0 aliphatic rings. The molecule has 2 aromatic rings. The lowest BCUT2D eigenvalue weighted by atomic mass is 10.1. The lowest BCUT2D eigenvalue weighted by Crippen LogP contribution is -2.03. The molecule has 4 heteroatoms. The van der Waals surface area contributed by atoms with Crippen LogP contribution in [0.1, 0.15) is 5.56 Å². The first-order valence-corrected chi connectivity index (χ1v) is 5.65. The molecule has 0 radical (unpaired) electrons. The summed E-state index contributed by atoms with van der Waals surface area (Å²) in [5, 5.41) is 0.708. The largest absolute Gasteiger partial charge is 0.360 e. The number of aromatic amines is 1. The summed E-state index contributed by atoms with van der Waals surface area (Å²) < 4.78 is 1.56. The minimum atomic E-state index is 0.0225. The maximum atomic E-state index is 11.7. The van der Waals surface area contributed by atoms with Crippen molar-refractivity contribution in [3.05, 3.63) is 43.1 Å². The van der Waals surface area contributed by atoms with E-state index >= 15 is 0 Å². The second kappa shape index (κ2) is 3.51. The fourth-order valence-corrected chi connectivity index (χ4v) is 2.00. The quantitative estimate of drug-likeness (QED) is 0.794. The van der Waals surface area contributed by atoms with Crippen molar-refractivity contribution < 1.29 is 0 Å². The molecule has 14 heavy (non-hydrogen) atoms. The Hall–Kier alpha value is -0.610. The second-order valence-corrected chi connectivity index (χ2v) is 4.82. The molecular weight excluding hydrogens is 310 g/mol. The van der Waals surface area contributed by atoms with Crippen molar-refractivity contribution in [3.8, 4) is 0 Å². The fraction of sp³-hybridized carbons (Fsp3) is 0.100. The van der Waals surface area contributed by atoms with Crippen LogP contribution in [-0.2, 0) is 0 Å². The zero-order valence-corrected chi connectivity index (χ0v) is 10.6. The molecule has 1 N–H and O–H groups in total. The molecule has 1 heterocycles. The Labute approximate surface area is 97.6 Å². The number of H-pyrrole nitrogens is 1. The summed E-state index contributed by atoms with van der Waals surface area (Å²) in [6, 6.07) is 3.79. The van der Waals surface area contributed by atoms with Crippen molar-refractivity contribution in [2.24, 2.45) is 0 Å². The number of pyridine rings is 1. The first-order chi connectivity index (χ1) is 6.59. The summed E-state index contributed by atoms with van der Waals surface area (Å²) in [7, 11) is 0. The third-order valence-corrected chi connectivity index (χ3v) is 3.56. The van der Waals surface area contributed by atoms with E-state index in [1.165, 1.54) is 0 Å². The number of aryl methyl sites for hydroxylation is 1. The number of rotatable bonds is 0. The summed E-state index contributed by atoms with van der Waals surface area (Å²) in [5.74, 6) is 0. The molecule has 0 saturated heterocycles. The Morgan fingerprint density at radius 2 is 1.93 bits per heavy atom. The van der Waals surface area contributed by atoms with Gasteiger partial charge in [-0.15, -0.1) is 0 Å². The van der Waals surface area contributed by atoms with Crippen LogP contribution in [-0.4, -0.2) is 4.98 Å². The second-order valence-electron chi connectivity index (χ2n) is 3.11. The van der Waals surface area contributed by atoms with Gasteiger partial charge in [-0.2, -0.15) is 0 Å². The van der Waals surface area contributed by atoms with Gasteiger partial charge in [-0.1, -0.05) is 15.9 Å². The highest BCUT2D eigenvalue weighted by molar-refractivity contribution is 9.10. The first kappa shape index (κ1) is 9.93. The van der Waals surface area contributed by atoms with Crippen LogP contribution in [0.2, 0.25) is 0 Å². The predicted molar refractivity (Wildman–Crippen MR) is 64.7 cm³/mol. The monoisotopic (exact) mass is 315 g/mol. The van der Waals surface area contributed by atoms with E-state index in [-0.39, 0.29) is 5.43 Å². The Balaban J connectivity index is 2.97. The van der Waals surface area contributed by atoms with Gasteiger partial charge in [0, 0.05) is 16.1 Å². The average molecular weight is 317 g/mol. The summed E-state index contributed by atoms with van der Waals surface area (Å²) in [6.07, 6.45) is 1.66. The van der Waals surface area contributed by atoms with Crippen LogP contribution in [0.4, 0.5) is 0 Å². The summed E-state index contributed by atoms with van der Waals surface area (Å²) in [4.78, 5) is 14.8. The van der Waals surface area contributed by atoms with Crippen molar-refractivity contribution in [1.82, 2.24) is 4.98 Å². The average Bonchev–Trinajstić information content (AvgIpc) is 2.15. The highest BCUT2D eigenvalue weighted by Gasteiger charge is 2.04. The fourth-order valence-electron chi connectivity index (χ4n) is 1.32. The highest BCUT2D eigenvalue weighted by Crippen LogP contribution is 2.21. The van der Waals surface area contributed by atoms with E-state index in [4.69, 9.17) is 0 Å². The minimum Gasteiger partial charge on any atom is -0.360 e. The van der Waals surface area contributed by atoms with Crippen LogP contribution in [0.25, 0.3) is 10.9 Å². The predicted octanol–water partition coefficient (Wildman–Crippen LogP) is 3.36. The molecule has 0 fully saturated rings. The van der Waals surface area contributed by atoms with E-state index in [1.54, 1.807) is 6.20 Å². The van der Waals surface area contributed by atoms with Crippen molar-refractivity contribution >= 4 is 42.8 Å². The van der Waals surface area contributed by atoms with Crippen LogP contribution in [0.5, 0.6) is 0 Å². The number of hydrogen-bond acceptors (Lipinski definition) is 1. The van der Waals surface area contributed by atoms with E-state index in [9.17, 15) is 4.79 Å². The van der Waals surface area contributed by atoms with Crippen molar-refractivity contribution in [1.29, 1.82) is 0 Å². The third kappa shape index (κ3) is 1.53. The topological polar surface area (TPSA) is 32.9 Å². The third-order valence-electron chi connectivity index (χ3n) is 2.11. The van der Waals surface area contributed by atoms with Crippen LogP contribution in [0.15, 0.2) is 32.1 Å². The van der Waals surface area contributed by atoms with Crippen molar-refractivity contribution in [2.45, 2.75) is 6.92 Å². The molecule has 1 aromatic carbocycles. The molecule has 0 bridgehead atoms. The lowest BCUT2D eigenvalue weighted by Gasteiger charge is -2.02. The van der Waals surface area contributed by atoms with E-state index in [0.29, 0.717) is 9.86 Å². The molecular formula is C10H7Br2NO. The molecule has 0 unspecified atom stereocenters. The summed E-state index contributed by atoms with van der Waals surface area (Å²) in [5.41, 5.74) is 1.92. The first-order valence-electron chi connectivity index (χ1n) is 4.06. The Bertz CT molecular complexity index is 560. The van der Waals surface area contributed by atoms with E-state index in [2.05, 4.69) is 36.8 Å². The van der Waals surface area contributed by atoms with Crippen LogP contribution < -0.4 is 5.43 Å². The van der Waals surface area contributed by atoms with Gasteiger partial charge in [0.25, 0.3) is 0 Å². The maximum absolute atomic E-state index is 11.7. The molecule has 1 aromatic heterocycles. The SMILES string of the molecule is Cc1cc2c(=O)c(Br)c[nH]c2cc1Br. The minimum absolute atomic E-state index is 0.0225. The normalized spacial score (nSPS) is 10.8. The number of benzene rings is 1. The Morgan fingerprint density at radius 3 is 2.64 bits per heavy atom. The number of nitrogens with one attached hydrogen (secondary N) is 1. The maximum Gasteiger partial charge on any atom is 0.203 e. The van der Waals surface area contributed by atoms with Gasteiger partial charge < -0.3 is 4.98 Å². The van der Waals surface area contributed by atoms with E-state index in [1.807, 2.05) is 19.1 Å². The lowest BCUT2D eigenvalue weighted by molar-refractivity contribution is 1.34. The summed E-state index contributed by atoms with van der Waals surface area (Å²) in [6.45, 7) is 1.96. The molecule has 0 atom stereocenters. The number of halogens is 2. The van der Waals surface area contributed by atoms with E-state index in [0.717, 1.165) is 15.6 Å². The smallest absolute Gasteiger partial charge is 0.203 e. The van der Waals surface area contributed by atoms with Crippen molar-refractivity contribution in [2.75, 3.05) is 0 Å². The van der Waals surface area contributed by atoms with Gasteiger partial charge in [0.15, 0.2) is 0 Å². The molecule has 0 spiro atoms. The molecule has 0 amide bonds. The molecule has 2 nitrogen and oxygen atoms in total. The highest BCUT2D eigenvalue weighted by atomic mass is 79.9. The molecule has 0 saturated carbocycles. The number of fused-ring (bicyclic) bond motifs is 1. The molecule has 72 valence electrons. The molecule has 0 aliphatic carbocycles. The van der Waals surface area contributed by atoms with Crippen LogP contribution >= 0.6 is 31.9 Å². The van der Waals surface area contributed by atoms with E-state index < -0.39 is 0 Å². The van der Waals surface area contributed by atoms with Gasteiger partial charge in [0.1, 0.15) is 0 Å². The number of aromatic nitrogens is 1. The van der Waals surface area contributed by atoms with Gasteiger partial charge >= 0.3 is 0 Å². The summed E-state index contributed by atoms with van der Waals surface area (Å²) >= 11 is 6.63. The van der Waals surface area contributed by atoms with Gasteiger partial charge in [0.05, 0.1) is 9.99 Å². The van der Waals surface area contributed by atoms with Gasteiger partial charge in [-0.05, 0) is 40.5 Å². The standard InChI is InChI=1S/C10H7Br2NO/c1-5-2-6-9(3-7(5)11)13-4-8(12)10(6)14/h2-4H,1H3,(H,13,14). The van der Waals surface area contributed by atoms with Crippen LogP contribution in [0.3, 0.4) is 0 Å². The van der Waals surface area contributed by atoms with Gasteiger partial charge in [0.2, 0.25) is 5.43 Å². The van der Waals surface area contributed by atoms with Gasteiger partial charge in [-0.25, -0.2) is 0 Å².